The van der Waals surface area contributed by atoms with Crippen LogP contribution in [0, 0.1) is 0 Å². The molecule has 0 aliphatic carbocycles. The number of rotatable bonds is 5. The molecule has 5 heteroatoms. The minimum atomic E-state index is -0.376. The monoisotopic (exact) mass is 413 g/mol. The van der Waals surface area contributed by atoms with Gasteiger partial charge in [0.2, 0.25) is 5.91 Å². The molecule has 2 aromatic carbocycles. The third-order valence-corrected chi connectivity index (χ3v) is 5.16. The molecule has 2 aromatic rings. The first-order valence-electron chi connectivity index (χ1n) is 8.52. The summed E-state index contributed by atoms with van der Waals surface area (Å²) in [5.41, 5.74) is 3.11. The van der Waals surface area contributed by atoms with Crippen molar-refractivity contribution in [2.45, 2.75) is 25.7 Å². The van der Waals surface area contributed by atoms with E-state index in [1.165, 1.54) is 0 Å². The molecule has 1 aliphatic rings. The van der Waals surface area contributed by atoms with Crippen molar-refractivity contribution in [1.29, 1.82) is 0 Å². The average Bonchev–Trinajstić information content (AvgIpc) is 2.62. The van der Waals surface area contributed by atoms with Gasteiger partial charge in [-0.3, -0.25) is 4.79 Å². The number of halogens is 1. The fraction of sp³-hybridized carbons (Fsp3) is 0.238. The van der Waals surface area contributed by atoms with E-state index in [1.807, 2.05) is 54.6 Å². The summed E-state index contributed by atoms with van der Waals surface area (Å²) in [7, 11) is 0. The fourth-order valence-electron chi connectivity index (χ4n) is 3.18. The predicted octanol–water partition coefficient (Wildman–Crippen LogP) is 4.11. The molecule has 0 saturated carbocycles. The summed E-state index contributed by atoms with van der Waals surface area (Å²) in [6, 6.07) is 17.5. The summed E-state index contributed by atoms with van der Waals surface area (Å²) in [6.45, 7) is 2.05. The Hall–Kier alpha value is -2.40. The highest BCUT2D eigenvalue weighted by Gasteiger charge is 2.33. The van der Waals surface area contributed by atoms with Gasteiger partial charge in [0, 0.05) is 28.9 Å². The van der Waals surface area contributed by atoms with Crippen LogP contribution in [0.1, 0.15) is 30.4 Å². The predicted molar refractivity (Wildman–Crippen MR) is 103 cm³/mol. The molecule has 0 aromatic heterocycles. The minimum Gasteiger partial charge on any atom is -0.462 e. The number of ether oxygens (including phenoxy) is 1. The van der Waals surface area contributed by atoms with Crippen molar-refractivity contribution >= 4 is 27.8 Å². The normalized spacial score (nSPS) is 17.0. The van der Waals surface area contributed by atoms with E-state index in [-0.39, 0.29) is 24.2 Å². The van der Waals surface area contributed by atoms with Gasteiger partial charge < -0.3 is 10.1 Å². The Balaban J connectivity index is 1.78. The molecule has 4 nitrogen and oxygen atoms in total. The molecule has 0 radical (unpaired) electrons. The van der Waals surface area contributed by atoms with Gasteiger partial charge in [-0.05, 0) is 24.1 Å². The molecular formula is C21H20BrNO3. The minimum absolute atomic E-state index is 0.0934. The van der Waals surface area contributed by atoms with Crippen LogP contribution in [0.15, 0.2) is 70.3 Å². The van der Waals surface area contributed by atoms with Gasteiger partial charge in [-0.25, -0.2) is 4.79 Å². The third-order valence-electron chi connectivity index (χ3n) is 4.44. The van der Waals surface area contributed by atoms with Crippen LogP contribution in [0.4, 0.5) is 0 Å². The number of allylic oxidation sites excluding steroid dienone is 1. The third kappa shape index (κ3) is 4.22. The van der Waals surface area contributed by atoms with Crippen LogP contribution in [0.5, 0.6) is 0 Å². The van der Waals surface area contributed by atoms with Gasteiger partial charge in [-0.15, -0.1) is 0 Å². The second-order valence-electron chi connectivity index (χ2n) is 6.24. The largest absolute Gasteiger partial charge is 0.462 e. The van der Waals surface area contributed by atoms with Crippen molar-refractivity contribution < 1.29 is 14.3 Å². The van der Waals surface area contributed by atoms with Gasteiger partial charge >= 0.3 is 5.97 Å². The van der Waals surface area contributed by atoms with Crippen LogP contribution in [0.3, 0.4) is 0 Å². The zero-order valence-electron chi connectivity index (χ0n) is 14.5. The molecule has 0 fully saturated rings. The Morgan fingerprint density at radius 3 is 2.58 bits per heavy atom. The molecule has 0 saturated heterocycles. The lowest BCUT2D eigenvalue weighted by Gasteiger charge is -2.27. The van der Waals surface area contributed by atoms with Crippen molar-refractivity contribution in [3.05, 3.63) is 81.5 Å². The molecule has 0 unspecified atom stereocenters. The van der Waals surface area contributed by atoms with Crippen LogP contribution in [-0.4, -0.2) is 18.5 Å². The van der Waals surface area contributed by atoms with Crippen molar-refractivity contribution in [2.24, 2.45) is 0 Å². The number of benzene rings is 2. The van der Waals surface area contributed by atoms with Crippen molar-refractivity contribution in [3.8, 4) is 0 Å². The number of hydrogen-bond donors (Lipinski definition) is 1. The maximum Gasteiger partial charge on any atom is 0.336 e. The number of amides is 1. The summed E-state index contributed by atoms with van der Waals surface area (Å²) in [5, 5.41) is 2.76. The Labute approximate surface area is 161 Å². The molecule has 1 N–H and O–H groups in total. The second-order valence-corrected chi connectivity index (χ2v) is 7.09. The second kappa shape index (κ2) is 8.32. The first-order chi connectivity index (χ1) is 12.6. The van der Waals surface area contributed by atoms with E-state index in [9.17, 15) is 9.59 Å². The summed E-state index contributed by atoms with van der Waals surface area (Å²) in [4.78, 5) is 24.8. The molecule has 0 bridgehead atoms. The Morgan fingerprint density at radius 2 is 1.85 bits per heavy atom. The van der Waals surface area contributed by atoms with Crippen LogP contribution >= 0.6 is 15.9 Å². The van der Waals surface area contributed by atoms with E-state index in [0.29, 0.717) is 24.3 Å². The summed E-state index contributed by atoms with van der Waals surface area (Å²) in [6.07, 6.45) is 0.883. The first kappa shape index (κ1) is 18.4. The quantitative estimate of drug-likeness (QED) is 0.750. The molecule has 1 aliphatic heterocycles. The van der Waals surface area contributed by atoms with Gasteiger partial charge in [-0.1, -0.05) is 64.5 Å². The fourth-order valence-corrected chi connectivity index (χ4v) is 3.74. The van der Waals surface area contributed by atoms with Gasteiger partial charge in [-0.2, -0.15) is 0 Å². The molecule has 26 heavy (non-hydrogen) atoms. The van der Waals surface area contributed by atoms with E-state index >= 15 is 0 Å². The maximum atomic E-state index is 12.8. The first-order valence-corrected chi connectivity index (χ1v) is 9.31. The Morgan fingerprint density at radius 1 is 1.15 bits per heavy atom. The molecule has 1 heterocycles. The van der Waals surface area contributed by atoms with Crippen LogP contribution in [0.25, 0.3) is 0 Å². The van der Waals surface area contributed by atoms with Crippen molar-refractivity contribution in [1.82, 2.24) is 5.32 Å². The highest BCUT2D eigenvalue weighted by atomic mass is 79.9. The lowest BCUT2D eigenvalue weighted by atomic mass is 9.84. The molecule has 1 amide bonds. The van der Waals surface area contributed by atoms with Crippen molar-refractivity contribution in [2.75, 3.05) is 6.61 Å². The lowest BCUT2D eigenvalue weighted by Crippen LogP contribution is -2.34. The van der Waals surface area contributed by atoms with Gasteiger partial charge in [0.15, 0.2) is 0 Å². The van der Waals surface area contributed by atoms with Gasteiger partial charge in [0.1, 0.15) is 0 Å². The standard InChI is InChI=1S/C21H20BrNO3/c1-14-20(21(25)26-12-11-15-7-3-2-4-8-15)17(13-19(24)23-14)16-9-5-6-10-18(16)22/h2-10,17H,11-13H2,1H3,(H,23,24)/t17-/m1/s1. The summed E-state index contributed by atoms with van der Waals surface area (Å²) >= 11 is 3.53. The Kier molecular flexibility index (Phi) is 5.89. The molecule has 0 spiro atoms. The number of nitrogens with one attached hydrogen (secondary N) is 1. The van der Waals surface area contributed by atoms with Gasteiger partial charge in [0.05, 0.1) is 12.2 Å². The smallest absolute Gasteiger partial charge is 0.336 e. The molecule has 3 rings (SSSR count). The van der Waals surface area contributed by atoms with E-state index in [1.54, 1.807) is 6.92 Å². The van der Waals surface area contributed by atoms with Gasteiger partial charge in [0.25, 0.3) is 0 Å². The lowest BCUT2D eigenvalue weighted by molar-refractivity contribution is -0.139. The molecule has 134 valence electrons. The topological polar surface area (TPSA) is 55.4 Å². The van der Waals surface area contributed by atoms with E-state index in [2.05, 4.69) is 21.2 Å². The average molecular weight is 414 g/mol. The van der Waals surface area contributed by atoms with Crippen LogP contribution in [0.2, 0.25) is 0 Å². The highest BCUT2D eigenvalue weighted by molar-refractivity contribution is 9.10. The van der Waals surface area contributed by atoms with Crippen LogP contribution < -0.4 is 5.32 Å². The van der Waals surface area contributed by atoms with Crippen molar-refractivity contribution in [3.63, 3.8) is 0 Å². The zero-order valence-corrected chi connectivity index (χ0v) is 16.1. The van der Waals surface area contributed by atoms with E-state index in [4.69, 9.17) is 4.74 Å². The zero-order chi connectivity index (χ0) is 18.5. The summed E-state index contributed by atoms with van der Waals surface area (Å²) in [5.74, 6) is -0.785. The summed E-state index contributed by atoms with van der Waals surface area (Å²) < 4.78 is 6.40. The highest BCUT2D eigenvalue weighted by Crippen LogP contribution is 2.37. The Bertz CT molecular complexity index is 845. The van der Waals surface area contributed by atoms with E-state index in [0.717, 1.165) is 15.6 Å². The number of esters is 1. The maximum absolute atomic E-state index is 12.8. The number of hydrogen-bond acceptors (Lipinski definition) is 3. The molecule has 1 atom stereocenters. The molecular weight excluding hydrogens is 394 g/mol. The number of carbonyl (C=O) groups is 2. The van der Waals surface area contributed by atoms with E-state index < -0.39 is 0 Å². The SMILES string of the molecule is CC1=C(C(=O)OCCc2ccccc2)[C@@H](c2ccccc2Br)CC(=O)N1. The van der Waals surface area contributed by atoms with Crippen LogP contribution in [-0.2, 0) is 20.7 Å². The number of carbonyl (C=O) groups excluding carboxylic acids is 2.